The van der Waals surface area contributed by atoms with Gasteiger partial charge in [-0.2, -0.15) is 0 Å². The van der Waals surface area contributed by atoms with Gasteiger partial charge in [-0.05, 0) is 107 Å². The van der Waals surface area contributed by atoms with E-state index >= 15 is 0 Å². The number of hydrogen-bond donors (Lipinski definition) is 1. The summed E-state index contributed by atoms with van der Waals surface area (Å²) in [4.78, 5) is 63.9. The van der Waals surface area contributed by atoms with Crippen LogP contribution in [0.5, 0.6) is 11.5 Å². The molecule has 1 N–H and O–H groups in total. The molecule has 2 saturated heterocycles. The predicted octanol–water partition coefficient (Wildman–Crippen LogP) is 8.38. The van der Waals surface area contributed by atoms with E-state index in [-0.39, 0.29) is 49.5 Å². The number of nitrogens with zero attached hydrogens (tertiary/aromatic N) is 3. The molecule has 58 heavy (non-hydrogen) atoms. The van der Waals surface area contributed by atoms with Gasteiger partial charge in [-0.15, -0.1) is 0 Å². The first kappa shape index (κ1) is 42.4. The topological polar surface area (TPSA) is 136 Å². The number of piperidine rings is 1. The molecule has 5 aliphatic rings. The lowest BCUT2D eigenvalue weighted by Crippen LogP contribution is -2.48. The third-order valence-corrected chi connectivity index (χ3v) is 13.8. The molecule has 316 valence electrons. The number of hydrogen-bond acceptors (Lipinski definition) is 9. The van der Waals surface area contributed by atoms with Gasteiger partial charge < -0.3 is 24.2 Å². The van der Waals surface area contributed by atoms with E-state index in [9.17, 15) is 24.3 Å². The van der Waals surface area contributed by atoms with Gasteiger partial charge in [0, 0.05) is 30.8 Å². The molecule has 8 atom stereocenters. The number of Topliss-reactive ketones (excluding diaryl/α,β-unsaturated/α-hetero) is 1. The molecule has 3 heterocycles. The third-order valence-electron chi connectivity index (χ3n) is 13.5. The molecule has 0 bridgehead atoms. The molecule has 0 spiro atoms. The molecule has 2 aromatic rings. The zero-order chi connectivity index (χ0) is 41.5. The van der Waals surface area contributed by atoms with Gasteiger partial charge in [-0.25, -0.2) is 4.98 Å². The van der Waals surface area contributed by atoms with Crippen LogP contribution in [-0.4, -0.2) is 94.6 Å². The van der Waals surface area contributed by atoms with Crippen LogP contribution in [0.15, 0.2) is 23.8 Å². The van der Waals surface area contributed by atoms with Crippen molar-refractivity contribution in [2.45, 2.75) is 130 Å². The lowest BCUT2D eigenvalue weighted by Gasteiger charge is -2.35. The van der Waals surface area contributed by atoms with Crippen molar-refractivity contribution in [1.82, 2.24) is 14.8 Å². The number of rotatable bonds is 16. The summed E-state index contributed by atoms with van der Waals surface area (Å²) >= 11 is 7.03. The van der Waals surface area contributed by atoms with E-state index in [2.05, 4.69) is 4.90 Å². The zero-order valence-electron chi connectivity index (χ0n) is 35.2. The van der Waals surface area contributed by atoms with E-state index < -0.39 is 40.8 Å². The molecule has 2 aliphatic heterocycles. The number of carbonyl (C=O) groups excluding carboxylic acids is 3. The van der Waals surface area contributed by atoms with Gasteiger partial charge in [0.2, 0.25) is 5.91 Å². The predicted molar refractivity (Wildman–Crippen MR) is 223 cm³/mol. The number of carboxylic acids is 1. The van der Waals surface area contributed by atoms with Crippen molar-refractivity contribution >= 4 is 52.2 Å². The van der Waals surface area contributed by atoms with Crippen LogP contribution < -0.4 is 9.47 Å². The summed E-state index contributed by atoms with van der Waals surface area (Å²) in [6.45, 7) is 15.2. The smallest absolute Gasteiger partial charge is 0.310 e. The number of aliphatic carboxylic acids is 1. The second-order valence-electron chi connectivity index (χ2n) is 19.1. The largest absolute Gasteiger partial charge is 0.491 e. The summed E-state index contributed by atoms with van der Waals surface area (Å²) in [6.07, 6.45) is 8.88. The van der Waals surface area contributed by atoms with E-state index in [4.69, 9.17) is 30.8 Å². The van der Waals surface area contributed by atoms with Crippen LogP contribution >= 0.6 is 11.6 Å². The van der Waals surface area contributed by atoms with Crippen LogP contribution in [0.2, 0.25) is 5.02 Å². The normalized spacial score (nSPS) is 28.4. The van der Waals surface area contributed by atoms with Crippen LogP contribution in [0.4, 0.5) is 0 Å². The van der Waals surface area contributed by atoms with E-state index in [1.165, 1.54) is 25.7 Å². The van der Waals surface area contributed by atoms with Crippen molar-refractivity contribution in [2.75, 3.05) is 32.8 Å². The number of likely N-dealkylation sites (tertiary alicyclic amines) is 2. The van der Waals surface area contributed by atoms with E-state index in [1.54, 1.807) is 4.90 Å². The fourth-order valence-corrected chi connectivity index (χ4v) is 10.2. The summed E-state index contributed by atoms with van der Waals surface area (Å²) in [5, 5.41) is 11.3. The van der Waals surface area contributed by atoms with Crippen molar-refractivity contribution in [3.63, 3.8) is 0 Å². The first-order valence-corrected chi connectivity index (χ1v) is 22.0. The van der Waals surface area contributed by atoms with Crippen LogP contribution in [-0.2, 0) is 23.9 Å². The van der Waals surface area contributed by atoms with E-state index in [0.29, 0.717) is 64.4 Å². The van der Waals surface area contributed by atoms with Crippen molar-refractivity contribution in [2.24, 2.45) is 34.5 Å². The van der Waals surface area contributed by atoms with Crippen LogP contribution in [0.1, 0.15) is 118 Å². The monoisotopic (exact) mass is 819 g/mol. The number of fused-ring (bicyclic) bond motifs is 2. The molecule has 1 unspecified atom stereocenters. The summed E-state index contributed by atoms with van der Waals surface area (Å²) in [5.41, 5.74) is 0.438. The molecule has 11 nitrogen and oxygen atoms in total. The highest BCUT2D eigenvalue weighted by atomic mass is 35.5. The van der Waals surface area contributed by atoms with Crippen molar-refractivity contribution < 1.29 is 38.5 Å². The van der Waals surface area contributed by atoms with Crippen LogP contribution in [0.25, 0.3) is 17.0 Å². The minimum absolute atomic E-state index is 0.0906. The fourth-order valence-electron chi connectivity index (χ4n) is 9.90. The molecule has 1 aromatic heterocycles. The molecule has 3 saturated carbocycles. The number of ketones is 1. The van der Waals surface area contributed by atoms with Gasteiger partial charge >= 0.3 is 11.9 Å². The van der Waals surface area contributed by atoms with Gasteiger partial charge in [0.25, 0.3) is 0 Å². The highest BCUT2D eigenvalue weighted by molar-refractivity contribution is 6.36. The minimum Gasteiger partial charge on any atom is -0.491 e. The first-order chi connectivity index (χ1) is 27.6. The Morgan fingerprint density at radius 3 is 2.38 bits per heavy atom. The molecule has 1 aromatic carbocycles. The van der Waals surface area contributed by atoms with Crippen molar-refractivity contribution in [3.05, 3.63) is 34.5 Å². The minimum atomic E-state index is -1.13. The Bertz CT molecular complexity index is 1920. The lowest BCUT2D eigenvalue weighted by molar-refractivity contribution is -0.157. The molecular weight excluding hydrogens is 758 g/mol. The number of amides is 1. The maximum Gasteiger partial charge on any atom is 0.310 e. The van der Waals surface area contributed by atoms with Gasteiger partial charge in [-0.1, -0.05) is 57.7 Å². The average Bonchev–Trinajstić information content (AvgIpc) is 3.98. The summed E-state index contributed by atoms with van der Waals surface area (Å²) < 4.78 is 18.9. The van der Waals surface area contributed by atoms with E-state index in [0.717, 1.165) is 38.0 Å². The standard InChI is InChI=1S/C46H62ClN3O8/c1-7-30-24-46(30,44(54)55)25-37(51)36-22-33(26-50(36)43(53)35(45(4,5)6)23-40(52)58-32-19-28-18-29(28)20-32)57-39-21-31(17-27(2)3)48-42-34(39)11-12-38(41(42)47)56-16-15-49-13-9-8-10-14-49/h11-12,17,21,28-30,32-33,35-36H,7-10,13-16,18-20,22-26H2,1-6H3,(H,54,55)/t28-,29+,30-,32?,33-,35-,36+,46-/m1/s1. The van der Waals surface area contributed by atoms with Gasteiger partial charge in [0.05, 0.1) is 41.6 Å². The Morgan fingerprint density at radius 2 is 1.74 bits per heavy atom. The zero-order valence-corrected chi connectivity index (χ0v) is 35.9. The Morgan fingerprint density at radius 1 is 1.02 bits per heavy atom. The Labute approximate surface area is 348 Å². The SMILES string of the molecule is CC[C@@H]1C[C@]1(CC(=O)[C@@H]1C[C@@H](Oc2cc(C=C(C)C)nc3c(Cl)c(OCCN4CCCCC4)ccc23)CN1C(=O)[C@@H](CC(=O)OC1C[C@@H]2C[C@@H]2C1)C(C)(C)C)C(=O)O. The lowest BCUT2D eigenvalue weighted by atomic mass is 9.77. The molecular formula is C46H62ClN3O8. The van der Waals surface area contributed by atoms with E-state index in [1.807, 2.05) is 65.8 Å². The molecule has 3 aliphatic carbocycles. The van der Waals surface area contributed by atoms with Crippen LogP contribution in [0.3, 0.4) is 0 Å². The molecule has 12 heteroatoms. The molecule has 7 rings (SSSR count). The summed E-state index contributed by atoms with van der Waals surface area (Å²) in [7, 11) is 0. The van der Waals surface area contributed by atoms with Gasteiger partial charge in [-0.3, -0.25) is 24.1 Å². The Kier molecular flexibility index (Phi) is 12.5. The average molecular weight is 820 g/mol. The first-order valence-electron chi connectivity index (χ1n) is 21.6. The summed E-state index contributed by atoms with van der Waals surface area (Å²) in [6, 6.07) is 4.65. The van der Waals surface area contributed by atoms with Crippen LogP contribution in [0, 0.1) is 34.5 Å². The summed E-state index contributed by atoms with van der Waals surface area (Å²) in [5.74, 6) is -0.506. The second kappa shape index (κ2) is 17.1. The third kappa shape index (κ3) is 9.35. The van der Waals surface area contributed by atoms with Crippen molar-refractivity contribution in [1.29, 1.82) is 0 Å². The highest BCUT2D eigenvalue weighted by Gasteiger charge is 2.61. The Hall–Kier alpha value is -3.70. The maximum atomic E-state index is 14.8. The number of carbonyl (C=O) groups is 4. The highest BCUT2D eigenvalue weighted by Crippen LogP contribution is 2.58. The molecule has 0 radical (unpaired) electrons. The number of esters is 1. The van der Waals surface area contributed by atoms with Gasteiger partial charge in [0.1, 0.15) is 35.3 Å². The number of carboxylic acid groups (broad SMARTS) is 1. The molecule has 1 amide bonds. The Balaban J connectivity index is 1.15. The number of aromatic nitrogens is 1. The number of benzene rings is 1. The number of ether oxygens (including phenoxy) is 3. The molecule has 5 fully saturated rings. The maximum absolute atomic E-state index is 14.8. The van der Waals surface area contributed by atoms with Crippen molar-refractivity contribution in [3.8, 4) is 11.5 Å². The number of allylic oxidation sites excluding steroid dienone is 1. The fraction of sp³-hybridized carbons (Fsp3) is 0.674. The second-order valence-corrected chi connectivity index (χ2v) is 19.5. The quantitative estimate of drug-likeness (QED) is 0.165. The van der Waals surface area contributed by atoms with Gasteiger partial charge in [0.15, 0.2) is 5.78 Å². The number of pyridine rings is 1. The number of halogens is 1.